The molecule has 1 aromatic carbocycles. The summed E-state index contributed by atoms with van der Waals surface area (Å²) in [5, 5.41) is 0.311. The molecule has 0 nitrogen and oxygen atoms in total. The van der Waals surface area contributed by atoms with Gasteiger partial charge < -0.3 is 0 Å². The molecular formula is C12H14ClF. The Kier molecular flexibility index (Phi) is 2.78. The lowest BCUT2D eigenvalue weighted by atomic mass is 9.96. The van der Waals surface area contributed by atoms with Crippen LogP contribution < -0.4 is 0 Å². The Morgan fingerprint density at radius 3 is 2.71 bits per heavy atom. The minimum Gasteiger partial charge on any atom is -0.207 e. The molecule has 0 amide bonds. The molecule has 0 radical (unpaired) electrons. The minimum absolute atomic E-state index is 0.117. The average molecular weight is 213 g/mol. The van der Waals surface area contributed by atoms with Crippen molar-refractivity contribution in [1.29, 1.82) is 0 Å². The summed E-state index contributed by atoms with van der Waals surface area (Å²) in [7, 11) is 0. The van der Waals surface area contributed by atoms with E-state index >= 15 is 0 Å². The Bertz CT molecular complexity index is 335. The molecule has 2 unspecified atom stereocenters. The summed E-state index contributed by atoms with van der Waals surface area (Å²) in [6.45, 7) is 1.81. The highest BCUT2D eigenvalue weighted by atomic mass is 35.5. The number of rotatable bonds is 1. The maximum absolute atomic E-state index is 13.0. The van der Waals surface area contributed by atoms with Crippen molar-refractivity contribution >= 4 is 11.6 Å². The minimum atomic E-state index is -0.117. The highest BCUT2D eigenvalue weighted by Gasteiger charge is 2.24. The Balaban J connectivity index is 2.20. The average Bonchev–Trinajstić information content (AvgIpc) is 2.57. The standard InChI is InChI=1S/C12H14ClF/c1-8-6-9(3-5-12(8)14)10-2-4-11(13)7-10/h3,5-6,10-11H,2,4,7H2,1H3. The third kappa shape index (κ3) is 1.93. The molecule has 1 saturated carbocycles. The topological polar surface area (TPSA) is 0 Å². The molecule has 2 rings (SSSR count). The third-order valence-electron chi connectivity index (χ3n) is 3.02. The molecule has 0 aromatic heterocycles. The van der Waals surface area contributed by atoms with Crippen LogP contribution >= 0.6 is 11.6 Å². The van der Waals surface area contributed by atoms with Gasteiger partial charge in [0.1, 0.15) is 5.82 Å². The van der Waals surface area contributed by atoms with Crippen molar-refractivity contribution in [1.82, 2.24) is 0 Å². The summed E-state index contributed by atoms with van der Waals surface area (Å²) >= 11 is 6.05. The van der Waals surface area contributed by atoms with Crippen molar-refractivity contribution in [3.8, 4) is 0 Å². The Morgan fingerprint density at radius 2 is 2.14 bits per heavy atom. The lowest BCUT2D eigenvalue weighted by molar-refractivity contribution is 0.615. The van der Waals surface area contributed by atoms with Crippen molar-refractivity contribution in [2.24, 2.45) is 0 Å². The van der Waals surface area contributed by atoms with Crippen LogP contribution in [0.3, 0.4) is 0 Å². The molecule has 2 heteroatoms. The molecule has 1 aromatic rings. The third-order valence-corrected chi connectivity index (χ3v) is 3.42. The van der Waals surface area contributed by atoms with Gasteiger partial charge in [0.05, 0.1) is 0 Å². The monoisotopic (exact) mass is 212 g/mol. The van der Waals surface area contributed by atoms with Crippen LogP contribution in [-0.2, 0) is 0 Å². The molecule has 76 valence electrons. The quantitative estimate of drug-likeness (QED) is 0.617. The van der Waals surface area contributed by atoms with E-state index in [1.807, 2.05) is 19.1 Å². The van der Waals surface area contributed by atoms with E-state index in [-0.39, 0.29) is 5.82 Å². The number of aryl methyl sites for hydroxylation is 1. The molecule has 1 fully saturated rings. The second-order valence-electron chi connectivity index (χ2n) is 4.12. The van der Waals surface area contributed by atoms with Crippen molar-refractivity contribution < 1.29 is 4.39 Å². The van der Waals surface area contributed by atoms with Gasteiger partial charge in [-0.15, -0.1) is 11.6 Å². The molecule has 14 heavy (non-hydrogen) atoms. The first-order valence-corrected chi connectivity index (χ1v) is 5.50. The molecule has 0 aliphatic heterocycles. The van der Waals surface area contributed by atoms with E-state index < -0.39 is 0 Å². The van der Waals surface area contributed by atoms with Gasteiger partial charge in [-0.2, -0.15) is 0 Å². The SMILES string of the molecule is Cc1cc(C2CCC(Cl)C2)ccc1F. The van der Waals surface area contributed by atoms with Gasteiger partial charge in [0.25, 0.3) is 0 Å². The number of alkyl halides is 1. The van der Waals surface area contributed by atoms with Crippen LogP contribution in [0.15, 0.2) is 18.2 Å². The molecule has 1 aliphatic rings. The van der Waals surface area contributed by atoms with Crippen molar-refractivity contribution in [3.63, 3.8) is 0 Å². The summed E-state index contributed by atoms with van der Waals surface area (Å²) < 4.78 is 13.0. The fourth-order valence-corrected chi connectivity index (χ4v) is 2.49. The van der Waals surface area contributed by atoms with E-state index in [4.69, 9.17) is 11.6 Å². The first-order chi connectivity index (χ1) is 6.66. The second kappa shape index (κ2) is 3.90. The zero-order chi connectivity index (χ0) is 10.1. The van der Waals surface area contributed by atoms with E-state index in [1.54, 1.807) is 6.07 Å². The molecule has 1 aliphatic carbocycles. The molecule has 0 spiro atoms. The largest absolute Gasteiger partial charge is 0.207 e. The number of hydrogen-bond donors (Lipinski definition) is 0. The second-order valence-corrected chi connectivity index (χ2v) is 4.73. The van der Waals surface area contributed by atoms with Crippen molar-refractivity contribution in [2.45, 2.75) is 37.5 Å². The lowest BCUT2D eigenvalue weighted by Crippen LogP contribution is -1.96. The van der Waals surface area contributed by atoms with Crippen molar-refractivity contribution in [2.75, 3.05) is 0 Å². The van der Waals surface area contributed by atoms with Gasteiger partial charge in [-0.05, 0) is 49.3 Å². The number of hydrogen-bond acceptors (Lipinski definition) is 0. The Hall–Kier alpha value is -0.560. The molecule has 0 saturated heterocycles. The predicted molar refractivity (Wildman–Crippen MR) is 57.4 cm³/mol. The van der Waals surface area contributed by atoms with Crippen LogP contribution in [0.25, 0.3) is 0 Å². The van der Waals surface area contributed by atoms with Gasteiger partial charge in [0, 0.05) is 5.38 Å². The number of halogens is 2. The molecule has 0 N–H and O–H groups in total. The first kappa shape index (κ1) is 9.97. The summed E-state index contributed by atoms with van der Waals surface area (Å²) in [5.74, 6) is 0.422. The molecular weight excluding hydrogens is 199 g/mol. The van der Waals surface area contributed by atoms with Crippen LogP contribution in [0.4, 0.5) is 4.39 Å². The molecule has 0 bridgehead atoms. The van der Waals surface area contributed by atoms with Gasteiger partial charge in [-0.1, -0.05) is 12.1 Å². The van der Waals surface area contributed by atoms with E-state index in [0.29, 0.717) is 11.3 Å². The Labute approximate surface area is 89.1 Å². The highest BCUT2D eigenvalue weighted by molar-refractivity contribution is 6.20. The van der Waals surface area contributed by atoms with Gasteiger partial charge in [0.15, 0.2) is 0 Å². The maximum Gasteiger partial charge on any atom is 0.126 e. The van der Waals surface area contributed by atoms with E-state index in [1.165, 1.54) is 5.56 Å². The molecule has 2 atom stereocenters. The summed E-state index contributed by atoms with van der Waals surface area (Å²) in [6, 6.07) is 5.41. The predicted octanol–water partition coefficient (Wildman–Crippen LogP) is 4.01. The summed E-state index contributed by atoms with van der Waals surface area (Å²) in [4.78, 5) is 0. The van der Waals surface area contributed by atoms with Crippen LogP contribution in [0.5, 0.6) is 0 Å². The maximum atomic E-state index is 13.0. The summed E-state index contributed by atoms with van der Waals surface area (Å²) in [5.41, 5.74) is 1.98. The first-order valence-electron chi connectivity index (χ1n) is 5.07. The van der Waals surface area contributed by atoms with Gasteiger partial charge in [-0.3, -0.25) is 0 Å². The fourth-order valence-electron chi connectivity index (χ4n) is 2.15. The van der Waals surface area contributed by atoms with Gasteiger partial charge in [0.2, 0.25) is 0 Å². The van der Waals surface area contributed by atoms with Crippen LogP contribution in [0, 0.1) is 12.7 Å². The normalized spacial score (nSPS) is 26.8. The summed E-state index contributed by atoms with van der Waals surface area (Å²) in [6.07, 6.45) is 3.26. The van der Waals surface area contributed by atoms with Crippen molar-refractivity contribution in [3.05, 3.63) is 35.1 Å². The van der Waals surface area contributed by atoms with Crippen LogP contribution in [0.2, 0.25) is 0 Å². The smallest absolute Gasteiger partial charge is 0.126 e. The lowest BCUT2D eigenvalue weighted by Gasteiger charge is -2.10. The van der Waals surface area contributed by atoms with E-state index in [0.717, 1.165) is 24.8 Å². The van der Waals surface area contributed by atoms with E-state index in [9.17, 15) is 4.39 Å². The zero-order valence-corrected chi connectivity index (χ0v) is 9.02. The number of benzene rings is 1. The van der Waals surface area contributed by atoms with E-state index in [2.05, 4.69) is 0 Å². The fraction of sp³-hybridized carbons (Fsp3) is 0.500. The van der Waals surface area contributed by atoms with Gasteiger partial charge in [-0.25, -0.2) is 4.39 Å². The zero-order valence-electron chi connectivity index (χ0n) is 8.26. The molecule has 0 heterocycles. The Morgan fingerprint density at radius 1 is 1.36 bits per heavy atom. The van der Waals surface area contributed by atoms with Crippen LogP contribution in [-0.4, -0.2) is 5.38 Å². The van der Waals surface area contributed by atoms with Crippen LogP contribution in [0.1, 0.15) is 36.3 Å². The highest BCUT2D eigenvalue weighted by Crippen LogP contribution is 2.37. The van der Waals surface area contributed by atoms with Gasteiger partial charge >= 0.3 is 0 Å².